The Kier molecular flexibility index (Phi) is 149. The molecule has 0 rings (SSSR count). The first-order valence-electron chi connectivity index (χ1n) is 5.21. The molecular weight excluding hydrogens is 636 g/mol. The maximum atomic E-state index is 8.74. The van der Waals surface area contributed by atoms with Crippen molar-refractivity contribution in [1.82, 2.24) is 0 Å². The molecule has 0 aromatic rings. The minimum atomic E-state index is -3.13. The fraction of sp³-hybridized carbons (Fsp3) is 0. The van der Waals surface area contributed by atoms with Gasteiger partial charge >= 0.3 is 149 Å². The average molecular weight is 657 g/mol. The van der Waals surface area contributed by atoms with Gasteiger partial charge in [-0.3, -0.25) is 35.7 Å². The maximum Gasteiger partial charge on any atom is 1.00 e. The van der Waals surface area contributed by atoms with Gasteiger partial charge in [-0.25, -0.2) is 0 Å². The Balaban J connectivity index is -0.0000000114. The van der Waals surface area contributed by atoms with Gasteiger partial charge in [-0.2, -0.15) is 0 Å². The van der Waals surface area contributed by atoms with Crippen LogP contribution in [0.2, 0.25) is 0 Å². The molecule has 24 nitrogen and oxygen atoms in total. The molecule has 0 aromatic heterocycles. The Morgan fingerprint density at radius 3 is 0.222 bits per heavy atom. The van der Waals surface area contributed by atoms with Crippen LogP contribution in [0, 0.1) is 0 Å². The predicted molar refractivity (Wildman–Crippen MR) is 91.5 cm³/mol. The number of rotatable bonds is 0. The molecule has 0 bridgehead atoms. The molecular formula is H20Li4O24Si8. The van der Waals surface area contributed by atoms with Gasteiger partial charge in [-0.1, -0.05) is 0 Å². The fourth-order valence-corrected chi connectivity index (χ4v) is 0. The summed E-state index contributed by atoms with van der Waals surface area (Å²) in [4.78, 5) is 115. The van der Waals surface area contributed by atoms with Crippen LogP contribution >= 0.6 is 0 Å². The molecule has 0 heterocycles. The van der Waals surface area contributed by atoms with E-state index in [1.807, 2.05) is 0 Å². The summed E-state index contributed by atoms with van der Waals surface area (Å²) in [5.74, 6) is 0. The van der Waals surface area contributed by atoms with E-state index in [1.54, 1.807) is 0 Å². The Hall–Kier alpha value is -0.675. The van der Waals surface area contributed by atoms with E-state index in [4.69, 9.17) is 112 Å². The summed E-state index contributed by atoms with van der Waals surface area (Å²) in [6, 6.07) is 0. The molecule has 0 atom stereocenters. The van der Waals surface area contributed by atoms with Gasteiger partial charge in [0.05, 0.1) is 0 Å². The largest absolute Gasteiger partial charge is 1.00 e. The second-order valence-corrected chi connectivity index (χ2v) is 6.78. The van der Waals surface area contributed by atoms with Gasteiger partial charge in [0.15, 0.2) is 0 Å². The van der Waals surface area contributed by atoms with Crippen LogP contribution in [0.15, 0.2) is 0 Å². The van der Waals surface area contributed by atoms with E-state index < -0.39 is 73.4 Å². The van der Waals surface area contributed by atoms with Crippen molar-refractivity contribution < 1.29 is 194 Å². The van der Waals surface area contributed by atoms with Crippen LogP contribution in [0.3, 0.4) is 0 Å². The van der Waals surface area contributed by atoms with Crippen LogP contribution in [-0.2, 0) is 35.7 Å². The molecule has 0 aromatic carbocycles. The molecule has 0 saturated carbocycles. The van der Waals surface area contributed by atoms with E-state index in [9.17, 15) is 0 Å². The first-order chi connectivity index (χ1) is 13.9. The summed E-state index contributed by atoms with van der Waals surface area (Å²) in [7, 11) is -25.0. The molecule has 0 aliphatic heterocycles. The minimum absolute atomic E-state index is 0. The van der Waals surface area contributed by atoms with Gasteiger partial charge < -0.3 is 82.4 Å². The van der Waals surface area contributed by atoms with Crippen LogP contribution in [0.1, 0.15) is 5.71 Å². The Morgan fingerprint density at radius 2 is 0.222 bits per heavy atom. The van der Waals surface area contributed by atoms with Gasteiger partial charge in [-0.15, -0.1) is 0 Å². The standard InChI is InChI=1S/4Li.8H2O3Si.4H/c;;;;8*1-4(2)3;;;;/h;;;;8*1-2H;;;;/q4*+1;;;;;;;;;4*-1. The topological polar surface area (TPSA) is 460 Å². The van der Waals surface area contributed by atoms with Crippen LogP contribution in [0.5, 0.6) is 0 Å². The fourth-order valence-electron chi connectivity index (χ4n) is 0. The summed E-state index contributed by atoms with van der Waals surface area (Å²) in [6.07, 6.45) is 0. The first kappa shape index (κ1) is 76.5. The van der Waals surface area contributed by atoms with Gasteiger partial charge in [0.1, 0.15) is 0 Å². The molecule has 0 unspecified atom stereocenters. The van der Waals surface area contributed by atoms with Crippen LogP contribution in [-0.4, -0.2) is 150 Å². The summed E-state index contributed by atoms with van der Waals surface area (Å²) < 4.78 is 69.9. The molecule has 0 spiro atoms. The molecule has 0 radical (unpaired) electrons. The van der Waals surface area contributed by atoms with E-state index in [0.717, 1.165) is 0 Å². The normalized spacial score (nSPS) is 5.33. The first-order valence-corrected chi connectivity index (χ1v) is 15.6. The zero-order chi connectivity index (χ0) is 28.6. The van der Waals surface area contributed by atoms with Crippen molar-refractivity contribution in [2.45, 2.75) is 0 Å². The summed E-state index contributed by atoms with van der Waals surface area (Å²) in [6.45, 7) is 0. The molecule has 36 heavy (non-hydrogen) atoms. The van der Waals surface area contributed by atoms with Crippen molar-refractivity contribution in [3.8, 4) is 0 Å². The van der Waals surface area contributed by atoms with E-state index in [-0.39, 0.29) is 81.1 Å². The third kappa shape index (κ3) is 76300. The molecule has 0 aliphatic rings. The summed E-state index contributed by atoms with van der Waals surface area (Å²) >= 11 is 0. The third-order valence-corrected chi connectivity index (χ3v) is 0. The van der Waals surface area contributed by atoms with Crippen molar-refractivity contribution in [3.63, 3.8) is 0 Å². The minimum Gasteiger partial charge on any atom is -1.00 e. The van der Waals surface area contributed by atoms with E-state index in [2.05, 4.69) is 0 Å². The van der Waals surface area contributed by atoms with Crippen LogP contribution in [0.25, 0.3) is 0 Å². The monoisotopic (exact) mass is 656 g/mol. The van der Waals surface area contributed by atoms with Crippen molar-refractivity contribution in [2.24, 2.45) is 0 Å². The quantitative estimate of drug-likeness (QED) is 0.108. The summed E-state index contributed by atoms with van der Waals surface area (Å²) in [5, 5.41) is 0. The number of hydrogen-bond acceptors (Lipinski definition) is 8. The van der Waals surface area contributed by atoms with Crippen molar-refractivity contribution in [1.29, 1.82) is 0 Å². The molecule has 0 amide bonds. The van der Waals surface area contributed by atoms with Crippen LogP contribution < -0.4 is 75.4 Å². The smallest absolute Gasteiger partial charge is 1.00 e. The van der Waals surface area contributed by atoms with E-state index >= 15 is 0 Å². The second-order valence-electron chi connectivity index (χ2n) is 2.26. The Labute approximate surface area is 265 Å². The maximum absolute atomic E-state index is 8.74. The summed E-state index contributed by atoms with van der Waals surface area (Å²) in [5.41, 5.74) is 0. The van der Waals surface area contributed by atoms with Crippen molar-refractivity contribution in [3.05, 3.63) is 0 Å². The molecule has 0 aliphatic carbocycles. The zero-order valence-corrected chi connectivity index (χ0v) is 26.4. The van der Waals surface area contributed by atoms with E-state index in [0.29, 0.717) is 0 Å². The van der Waals surface area contributed by atoms with Gasteiger partial charge in [0, 0.05) is 0 Å². The molecule has 0 fully saturated rings. The molecule has 0 saturated heterocycles. The van der Waals surface area contributed by atoms with Crippen molar-refractivity contribution in [2.75, 3.05) is 0 Å². The average Bonchev–Trinajstić information content (AvgIpc) is 2.30. The second kappa shape index (κ2) is 70.1. The van der Waals surface area contributed by atoms with Gasteiger partial charge in [-0.05, 0) is 0 Å². The van der Waals surface area contributed by atoms with Crippen molar-refractivity contribution >= 4 is 73.4 Å². The SMILES string of the molecule is O=[Si](O)O.O=[Si](O)O.O=[Si](O)O.O=[Si](O)O.O=[Si](O)O.O=[Si](O)O.O=[Si](O)O.O=[Si](O)O.[H-].[H-].[H-].[H-].[Li+].[Li+].[Li+].[Li+]. The van der Waals surface area contributed by atoms with Crippen LogP contribution in [0.4, 0.5) is 0 Å². The Bertz CT molecular complexity index is 391. The van der Waals surface area contributed by atoms with Gasteiger partial charge in [0.2, 0.25) is 0 Å². The molecule has 16 N–H and O–H groups in total. The third-order valence-electron chi connectivity index (χ3n) is 0. The van der Waals surface area contributed by atoms with Gasteiger partial charge in [0.25, 0.3) is 0 Å². The number of hydrogen-bond donors (Lipinski definition) is 16. The van der Waals surface area contributed by atoms with E-state index in [1.165, 1.54) is 0 Å². The Morgan fingerprint density at radius 1 is 0.222 bits per heavy atom. The predicted octanol–water partition coefficient (Wildman–Crippen LogP) is -24.4. The molecule has 36 heteroatoms. The zero-order valence-electron chi connectivity index (χ0n) is 22.4. The molecule has 200 valence electrons.